The largest absolute Gasteiger partial charge is 0.482 e. The predicted molar refractivity (Wildman–Crippen MR) is 149 cm³/mol. The topological polar surface area (TPSA) is 35.5 Å². The molecule has 2 aromatic rings. The Morgan fingerprint density at radius 1 is 0.722 bits per heavy atom. The maximum atomic E-state index is 12.7. The smallest absolute Gasteiger partial charge is 0.306 e. The van der Waals surface area contributed by atoms with Crippen LogP contribution in [0, 0.1) is 0 Å². The monoisotopic (exact) mass is 492 g/mol. The molecule has 2 aromatic carbocycles. The van der Waals surface area contributed by atoms with E-state index in [0.29, 0.717) is 12.8 Å². The molecule has 0 amide bonds. The number of esters is 1. The van der Waals surface area contributed by atoms with Crippen molar-refractivity contribution < 1.29 is 14.3 Å². The van der Waals surface area contributed by atoms with Crippen LogP contribution in [0.5, 0.6) is 5.75 Å². The van der Waals surface area contributed by atoms with Crippen molar-refractivity contribution in [2.24, 2.45) is 0 Å². The Hall–Kier alpha value is -2.29. The molecule has 3 rings (SSSR count). The minimum atomic E-state index is -0.286. The van der Waals surface area contributed by atoms with Gasteiger partial charge in [0.15, 0.2) is 6.10 Å². The summed E-state index contributed by atoms with van der Waals surface area (Å²) in [5.74, 6) is 0.791. The maximum Gasteiger partial charge on any atom is 0.306 e. The zero-order chi connectivity index (χ0) is 25.3. The summed E-state index contributed by atoms with van der Waals surface area (Å²) in [6.45, 7) is 2.28. The second-order valence-electron chi connectivity index (χ2n) is 10.5. The molecule has 0 saturated carbocycles. The fourth-order valence-electron chi connectivity index (χ4n) is 5.22. The number of hydrogen-bond donors (Lipinski definition) is 0. The Morgan fingerprint density at radius 2 is 1.25 bits per heavy atom. The molecule has 1 heterocycles. The van der Waals surface area contributed by atoms with Crippen LogP contribution in [-0.2, 0) is 16.0 Å². The highest BCUT2D eigenvalue weighted by Gasteiger charge is 2.33. The van der Waals surface area contributed by atoms with Gasteiger partial charge >= 0.3 is 5.97 Å². The van der Waals surface area contributed by atoms with Crippen molar-refractivity contribution in [3.05, 3.63) is 65.7 Å². The summed E-state index contributed by atoms with van der Waals surface area (Å²) < 4.78 is 12.3. The van der Waals surface area contributed by atoms with E-state index in [2.05, 4.69) is 13.0 Å². The standard InChI is InChI=1S/C33H48O3/c1-2-3-4-5-6-7-8-9-10-11-12-13-14-15-19-26-32(34)35-31-27-29-24-20-21-25-30(29)36-33(31)28-22-17-16-18-23-28/h16-18,20-25,31,33H,2-15,19,26-27H2,1H3. The van der Waals surface area contributed by atoms with Crippen molar-refractivity contribution >= 4 is 5.97 Å². The van der Waals surface area contributed by atoms with Crippen LogP contribution in [0.2, 0.25) is 0 Å². The Bertz CT molecular complexity index is 847. The van der Waals surface area contributed by atoms with Crippen LogP contribution in [-0.4, -0.2) is 12.1 Å². The normalized spacial score (nSPS) is 16.8. The zero-order valence-electron chi connectivity index (χ0n) is 22.6. The summed E-state index contributed by atoms with van der Waals surface area (Å²) in [6.07, 6.45) is 20.5. The lowest BCUT2D eigenvalue weighted by atomic mass is 9.94. The van der Waals surface area contributed by atoms with Gasteiger partial charge in [0.25, 0.3) is 0 Å². The summed E-state index contributed by atoms with van der Waals surface area (Å²) in [7, 11) is 0. The van der Waals surface area contributed by atoms with E-state index < -0.39 is 0 Å². The summed E-state index contributed by atoms with van der Waals surface area (Å²) >= 11 is 0. The van der Waals surface area contributed by atoms with Crippen molar-refractivity contribution in [3.63, 3.8) is 0 Å². The molecule has 2 unspecified atom stereocenters. The highest BCUT2D eigenvalue weighted by atomic mass is 16.6. The van der Waals surface area contributed by atoms with E-state index in [1.807, 2.05) is 48.5 Å². The Labute approximate surface area is 220 Å². The molecule has 2 atom stereocenters. The lowest BCUT2D eigenvalue weighted by Gasteiger charge is -2.33. The number of ether oxygens (including phenoxy) is 2. The SMILES string of the molecule is CCCCCCCCCCCCCCCCCC(=O)OC1Cc2ccccc2OC1c1ccccc1. The first-order valence-corrected chi connectivity index (χ1v) is 14.8. The fraction of sp³-hybridized carbons (Fsp3) is 0.606. The van der Waals surface area contributed by atoms with Crippen LogP contribution < -0.4 is 4.74 Å². The summed E-state index contributed by atoms with van der Waals surface area (Å²) in [6, 6.07) is 18.2. The van der Waals surface area contributed by atoms with Gasteiger partial charge in [-0.2, -0.15) is 0 Å². The Balaban J connectivity index is 1.25. The van der Waals surface area contributed by atoms with Gasteiger partial charge in [-0.3, -0.25) is 4.79 Å². The van der Waals surface area contributed by atoms with Crippen LogP contribution in [0.4, 0.5) is 0 Å². The van der Waals surface area contributed by atoms with Crippen molar-refractivity contribution in [1.82, 2.24) is 0 Å². The second kappa shape index (κ2) is 17.2. The Kier molecular flexibility index (Phi) is 13.5. The average molecular weight is 493 g/mol. The minimum Gasteiger partial charge on any atom is -0.482 e. The number of benzene rings is 2. The van der Waals surface area contributed by atoms with Gasteiger partial charge in [-0.05, 0) is 23.6 Å². The van der Waals surface area contributed by atoms with E-state index in [9.17, 15) is 4.79 Å². The van der Waals surface area contributed by atoms with E-state index in [4.69, 9.17) is 9.47 Å². The van der Waals surface area contributed by atoms with Gasteiger partial charge in [-0.15, -0.1) is 0 Å². The van der Waals surface area contributed by atoms with Gasteiger partial charge in [0, 0.05) is 12.8 Å². The molecule has 0 spiro atoms. The van der Waals surface area contributed by atoms with Gasteiger partial charge < -0.3 is 9.47 Å². The van der Waals surface area contributed by atoms with Crippen LogP contribution in [0.3, 0.4) is 0 Å². The predicted octanol–water partition coefficient (Wildman–Crippen LogP) is 9.54. The molecule has 0 saturated heterocycles. The van der Waals surface area contributed by atoms with Crippen molar-refractivity contribution in [3.8, 4) is 5.75 Å². The van der Waals surface area contributed by atoms with Crippen molar-refractivity contribution in [1.29, 1.82) is 0 Å². The molecule has 0 fully saturated rings. The third kappa shape index (κ3) is 10.4. The molecule has 3 nitrogen and oxygen atoms in total. The first-order valence-electron chi connectivity index (χ1n) is 14.8. The number of carbonyl (C=O) groups excluding carboxylic acids is 1. The quantitative estimate of drug-likeness (QED) is 0.153. The number of hydrogen-bond acceptors (Lipinski definition) is 3. The zero-order valence-corrected chi connectivity index (χ0v) is 22.6. The molecule has 0 bridgehead atoms. The van der Waals surface area contributed by atoms with Gasteiger partial charge in [0.05, 0.1) is 0 Å². The number of fused-ring (bicyclic) bond motifs is 1. The molecule has 1 aliphatic rings. The summed E-state index contributed by atoms with van der Waals surface area (Å²) in [5, 5.41) is 0. The fourth-order valence-corrected chi connectivity index (χ4v) is 5.22. The molecule has 0 aromatic heterocycles. The maximum absolute atomic E-state index is 12.7. The van der Waals surface area contributed by atoms with Crippen LogP contribution >= 0.6 is 0 Å². The lowest BCUT2D eigenvalue weighted by Crippen LogP contribution is -2.34. The molecular weight excluding hydrogens is 444 g/mol. The molecule has 3 heteroatoms. The molecule has 0 N–H and O–H groups in total. The van der Waals surface area contributed by atoms with E-state index >= 15 is 0 Å². The van der Waals surface area contributed by atoms with Crippen LogP contribution in [0.1, 0.15) is 127 Å². The molecule has 0 radical (unpaired) electrons. The van der Waals surface area contributed by atoms with E-state index in [1.165, 1.54) is 83.5 Å². The Morgan fingerprint density at radius 3 is 1.86 bits per heavy atom. The van der Waals surface area contributed by atoms with E-state index in [1.54, 1.807) is 0 Å². The third-order valence-electron chi connectivity index (χ3n) is 7.38. The summed E-state index contributed by atoms with van der Waals surface area (Å²) in [5.41, 5.74) is 2.16. The highest BCUT2D eigenvalue weighted by Crippen LogP contribution is 2.36. The van der Waals surface area contributed by atoms with Gasteiger partial charge in [0.1, 0.15) is 11.9 Å². The van der Waals surface area contributed by atoms with Crippen LogP contribution in [0.15, 0.2) is 54.6 Å². The van der Waals surface area contributed by atoms with Gasteiger partial charge in [-0.1, -0.05) is 145 Å². The second-order valence-corrected chi connectivity index (χ2v) is 10.5. The minimum absolute atomic E-state index is 0.0985. The van der Waals surface area contributed by atoms with Crippen molar-refractivity contribution in [2.75, 3.05) is 0 Å². The molecule has 198 valence electrons. The molecule has 1 aliphatic heterocycles. The van der Waals surface area contributed by atoms with E-state index in [-0.39, 0.29) is 18.2 Å². The highest BCUT2D eigenvalue weighted by molar-refractivity contribution is 5.69. The molecule has 36 heavy (non-hydrogen) atoms. The molecule has 0 aliphatic carbocycles. The first-order chi connectivity index (χ1) is 17.8. The summed E-state index contributed by atoms with van der Waals surface area (Å²) in [4.78, 5) is 12.7. The van der Waals surface area contributed by atoms with E-state index in [0.717, 1.165) is 29.7 Å². The van der Waals surface area contributed by atoms with Gasteiger partial charge in [0.2, 0.25) is 0 Å². The first kappa shape index (κ1) is 28.3. The average Bonchev–Trinajstić information content (AvgIpc) is 2.91. The number of carbonyl (C=O) groups is 1. The third-order valence-corrected chi connectivity index (χ3v) is 7.38. The number of para-hydroxylation sites is 1. The number of unbranched alkanes of at least 4 members (excludes halogenated alkanes) is 14. The van der Waals surface area contributed by atoms with Crippen LogP contribution in [0.25, 0.3) is 0 Å². The van der Waals surface area contributed by atoms with Crippen molar-refractivity contribution in [2.45, 2.75) is 128 Å². The lowest BCUT2D eigenvalue weighted by molar-refractivity contribution is -0.155. The number of rotatable bonds is 18. The van der Waals surface area contributed by atoms with Gasteiger partial charge in [-0.25, -0.2) is 0 Å². The molecular formula is C33H48O3.